The Bertz CT molecular complexity index is 811. The molecule has 0 spiro atoms. The van der Waals surface area contributed by atoms with Crippen LogP contribution in [0.5, 0.6) is 0 Å². The first-order chi connectivity index (χ1) is 9.59. The summed E-state index contributed by atoms with van der Waals surface area (Å²) in [6, 6.07) is 9.15. The molecule has 0 saturated carbocycles. The lowest BCUT2D eigenvalue weighted by Crippen LogP contribution is -2.21. The minimum absolute atomic E-state index is 0.0918. The summed E-state index contributed by atoms with van der Waals surface area (Å²) < 4.78 is 23.0. The van der Waals surface area contributed by atoms with Crippen LogP contribution in [0, 0.1) is 11.3 Å². The summed E-state index contributed by atoms with van der Waals surface area (Å²) in [5, 5.41) is 20.9. The van der Waals surface area contributed by atoms with Crippen molar-refractivity contribution in [2.45, 2.75) is 12.5 Å². The lowest BCUT2D eigenvalue weighted by Gasteiger charge is -2.14. The Kier molecular flexibility index (Phi) is 3.03. The van der Waals surface area contributed by atoms with Crippen molar-refractivity contribution >= 4 is 26.4 Å². The molecule has 0 amide bonds. The van der Waals surface area contributed by atoms with E-state index in [0.29, 0.717) is 17.6 Å². The summed E-state index contributed by atoms with van der Waals surface area (Å²) in [4.78, 5) is 0. The van der Waals surface area contributed by atoms with E-state index < -0.39 is 9.84 Å². The van der Waals surface area contributed by atoms with Gasteiger partial charge < -0.3 is 5.32 Å². The number of nitrogens with one attached hydrogen (secondary N) is 1. The maximum Gasteiger partial charge on any atom is 0.186 e. The molecule has 1 aliphatic heterocycles. The first-order valence-electron chi connectivity index (χ1n) is 6.21. The van der Waals surface area contributed by atoms with Gasteiger partial charge in [-0.05, 0) is 12.5 Å². The van der Waals surface area contributed by atoms with E-state index in [1.165, 1.54) is 0 Å². The first-order valence-corrected chi connectivity index (χ1v) is 8.04. The Morgan fingerprint density at radius 2 is 2.10 bits per heavy atom. The minimum atomic E-state index is -2.97. The number of sulfone groups is 1. The predicted octanol–water partition coefficient (Wildman–Crippen LogP) is 1.10. The van der Waals surface area contributed by atoms with Gasteiger partial charge >= 0.3 is 0 Å². The number of hydrogen-bond donors (Lipinski definition) is 1. The lowest BCUT2D eigenvalue weighted by molar-refractivity contribution is 0.602. The van der Waals surface area contributed by atoms with Gasteiger partial charge in [0.1, 0.15) is 6.07 Å². The molecule has 6 nitrogen and oxygen atoms in total. The van der Waals surface area contributed by atoms with Crippen LogP contribution in [-0.2, 0) is 9.84 Å². The Morgan fingerprint density at radius 3 is 2.80 bits per heavy atom. The average molecular weight is 288 g/mol. The Labute approximate surface area is 116 Å². The van der Waals surface area contributed by atoms with Crippen molar-refractivity contribution in [3.63, 3.8) is 0 Å². The minimum Gasteiger partial charge on any atom is -0.378 e. The van der Waals surface area contributed by atoms with E-state index >= 15 is 0 Å². The van der Waals surface area contributed by atoms with Crippen LogP contribution in [-0.4, -0.2) is 36.2 Å². The SMILES string of the molecule is N#Cc1nnc2ccccc2c1NC1CCS(=O)(=O)C1. The van der Waals surface area contributed by atoms with Crippen LogP contribution in [0.15, 0.2) is 24.3 Å². The average Bonchev–Trinajstić information content (AvgIpc) is 2.78. The van der Waals surface area contributed by atoms with Crippen molar-refractivity contribution in [2.24, 2.45) is 0 Å². The van der Waals surface area contributed by atoms with Crippen molar-refractivity contribution in [3.05, 3.63) is 30.0 Å². The molecule has 2 heterocycles. The molecule has 0 bridgehead atoms. The third-order valence-electron chi connectivity index (χ3n) is 3.35. The molecular formula is C13H12N4O2S. The summed E-state index contributed by atoms with van der Waals surface area (Å²) in [7, 11) is -2.97. The monoisotopic (exact) mass is 288 g/mol. The highest BCUT2D eigenvalue weighted by Crippen LogP contribution is 2.26. The first kappa shape index (κ1) is 12.8. The van der Waals surface area contributed by atoms with Gasteiger partial charge in [0.15, 0.2) is 15.5 Å². The molecule has 0 aliphatic carbocycles. The van der Waals surface area contributed by atoms with Crippen LogP contribution in [0.3, 0.4) is 0 Å². The number of aromatic nitrogens is 2. The Hall–Kier alpha value is -2.20. The molecule has 3 rings (SSSR count). The molecule has 1 fully saturated rings. The van der Waals surface area contributed by atoms with Gasteiger partial charge in [-0.15, -0.1) is 10.2 Å². The van der Waals surface area contributed by atoms with Crippen molar-refractivity contribution in [3.8, 4) is 6.07 Å². The Balaban J connectivity index is 2.04. The van der Waals surface area contributed by atoms with Gasteiger partial charge in [-0.3, -0.25) is 0 Å². The van der Waals surface area contributed by atoms with Crippen LogP contribution < -0.4 is 5.32 Å². The highest BCUT2D eigenvalue weighted by Gasteiger charge is 2.28. The van der Waals surface area contributed by atoms with Crippen LogP contribution in [0.1, 0.15) is 12.1 Å². The van der Waals surface area contributed by atoms with Gasteiger partial charge in [0.2, 0.25) is 0 Å². The van der Waals surface area contributed by atoms with E-state index in [1.807, 2.05) is 24.3 Å². The molecule has 1 atom stereocenters. The van der Waals surface area contributed by atoms with Gasteiger partial charge in [-0.2, -0.15) is 5.26 Å². The highest BCUT2D eigenvalue weighted by molar-refractivity contribution is 7.91. The fourth-order valence-electron chi connectivity index (χ4n) is 2.39. The van der Waals surface area contributed by atoms with Gasteiger partial charge in [0, 0.05) is 11.4 Å². The topological polar surface area (TPSA) is 95.7 Å². The van der Waals surface area contributed by atoms with Crippen molar-refractivity contribution < 1.29 is 8.42 Å². The maximum absolute atomic E-state index is 11.5. The molecule has 7 heteroatoms. The summed E-state index contributed by atoms with van der Waals surface area (Å²) in [5.41, 5.74) is 1.43. The summed E-state index contributed by atoms with van der Waals surface area (Å²) >= 11 is 0. The number of nitrogens with zero attached hydrogens (tertiary/aromatic N) is 3. The van der Waals surface area contributed by atoms with Crippen LogP contribution in [0.4, 0.5) is 5.69 Å². The van der Waals surface area contributed by atoms with E-state index in [1.54, 1.807) is 6.07 Å². The van der Waals surface area contributed by atoms with Crippen LogP contribution >= 0.6 is 0 Å². The zero-order valence-corrected chi connectivity index (χ0v) is 11.4. The van der Waals surface area contributed by atoms with Crippen LogP contribution in [0.2, 0.25) is 0 Å². The molecule has 0 radical (unpaired) electrons. The van der Waals surface area contributed by atoms with Crippen molar-refractivity contribution in [1.82, 2.24) is 10.2 Å². The third kappa shape index (κ3) is 2.30. The molecule has 1 aromatic carbocycles. The predicted molar refractivity (Wildman–Crippen MR) is 74.9 cm³/mol. The lowest BCUT2D eigenvalue weighted by atomic mass is 10.1. The van der Waals surface area contributed by atoms with Crippen molar-refractivity contribution in [2.75, 3.05) is 16.8 Å². The number of rotatable bonds is 2. The fraction of sp³-hybridized carbons (Fsp3) is 0.308. The normalized spacial score (nSPS) is 20.6. The van der Waals surface area contributed by atoms with Gasteiger partial charge in [0.05, 0.1) is 22.7 Å². The highest BCUT2D eigenvalue weighted by atomic mass is 32.2. The van der Waals surface area contributed by atoms with E-state index in [0.717, 1.165) is 5.39 Å². The summed E-state index contributed by atoms with van der Waals surface area (Å²) in [5.74, 6) is 0.275. The largest absolute Gasteiger partial charge is 0.378 e. The van der Waals surface area contributed by atoms with E-state index in [9.17, 15) is 8.42 Å². The number of nitriles is 1. The number of fused-ring (bicyclic) bond motifs is 1. The molecule has 1 unspecified atom stereocenters. The molecule has 1 saturated heterocycles. The number of anilines is 1. The third-order valence-corrected chi connectivity index (χ3v) is 5.12. The summed E-state index contributed by atoms with van der Waals surface area (Å²) in [6.45, 7) is 0. The molecule has 2 aromatic rings. The van der Waals surface area contributed by atoms with Gasteiger partial charge in [0.25, 0.3) is 0 Å². The molecule has 102 valence electrons. The van der Waals surface area contributed by atoms with E-state index in [-0.39, 0.29) is 23.2 Å². The standard InChI is InChI=1S/C13H12N4O2S/c14-7-12-13(15-9-5-6-20(18,19)8-9)10-3-1-2-4-11(10)16-17-12/h1-4,9H,5-6,8H2,(H,15,16). The summed E-state index contributed by atoms with van der Waals surface area (Å²) in [6.07, 6.45) is 0.545. The zero-order chi connectivity index (χ0) is 14.2. The quantitative estimate of drug-likeness (QED) is 0.889. The van der Waals surface area contributed by atoms with Gasteiger partial charge in [-0.25, -0.2) is 8.42 Å². The van der Waals surface area contributed by atoms with Gasteiger partial charge in [-0.1, -0.05) is 18.2 Å². The van der Waals surface area contributed by atoms with Crippen LogP contribution in [0.25, 0.3) is 10.9 Å². The second-order valence-electron chi connectivity index (χ2n) is 4.80. The van der Waals surface area contributed by atoms with E-state index in [4.69, 9.17) is 5.26 Å². The molecule has 1 aliphatic rings. The molecule has 1 aromatic heterocycles. The second kappa shape index (κ2) is 4.72. The fourth-order valence-corrected chi connectivity index (χ4v) is 4.06. The molecular weight excluding hydrogens is 276 g/mol. The number of benzene rings is 1. The van der Waals surface area contributed by atoms with Crippen molar-refractivity contribution in [1.29, 1.82) is 5.26 Å². The van der Waals surface area contributed by atoms with E-state index in [2.05, 4.69) is 15.5 Å². The second-order valence-corrected chi connectivity index (χ2v) is 7.03. The molecule has 20 heavy (non-hydrogen) atoms. The molecule has 1 N–H and O–H groups in total. The maximum atomic E-state index is 11.5. The zero-order valence-electron chi connectivity index (χ0n) is 10.6. The smallest absolute Gasteiger partial charge is 0.186 e. The Morgan fingerprint density at radius 1 is 1.30 bits per heavy atom. The number of hydrogen-bond acceptors (Lipinski definition) is 6.